The highest BCUT2D eigenvalue weighted by Gasteiger charge is 2.34. The van der Waals surface area contributed by atoms with E-state index in [1.807, 2.05) is 13.8 Å². The van der Waals surface area contributed by atoms with Gasteiger partial charge in [0.2, 0.25) is 5.91 Å². The van der Waals surface area contributed by atoms with Gasteiger partial charge in [-0.15, -0.1) is 0 Å². The third-order valence-electron chi connectivity index (χ3n) is 2.97. The molecule has 1 aliphatic rings. The van der Waals surface area contributed by atoms with Crippen molar-refractivity contribution in [2.24, 2.45) is 0 Å². The van der Waals surface area contributed by atoms with Crippen molar-refractivity contribution in [3.05, 3.63) is 0 Å². The average Bonchev–Trinajstić information content (AvgIpc) is 2.63. The summed E-state index contributed by atoms with van der Waals surface area (Å²) in [5.41, 5.74) is 0. The summed E-state index contributed by atoms with van der Waals surface area (Å²) < 4.78 is 22.8. The fraction of sp³-hybridized carbons (Fsp3) is 0.909. The van der Waals surface area contributed by atoms with E-state index < -0.39 is 9.84 Å². The zero-order valence-electron chi connectivity index (χ0n) is 10.9. The third-order valence-corrected chi connectivity index (χ3v) is 4.72. The van der Waals surface area contributed by atoms with Crippen molar-refractivity contribution in [3.63, 3.8) is 0 Å². The Kier molecular flexibility index (Phi) is 5.55. The first-order valence-corrected chi connectivity index (χ1v) is 8.02. The highest BCUT2D eigenvalue weighted by Crippen LogP contribution is 2.17. The van der Waals surface area contributed by atoms with Crippen molar-refractivity contribution < 1.29 is 18.3 Å². The van der Waals surface area contributed by atoms with Crippen LogP contribution in [-0.4, -0.2) is 67.6 Å². The van der Waals surface area contributed by atoms with Crippen molar-refractivity contribution in [2.75, 3.05) is 31.2 Å². The van der Waals surface area contributed by atoms with Gasteiger partial charge in [-0.25, -0.2) is 8.42 Å². The Morgan fingerprint density at radius 1 is 1.50 bits per heavy atom. The number of carbonyl (C=O) groups is 1. The van der Waals surface area contributed by atoms with Crippen LogP contribution in [0.2, 0.25) is 0 Å². The number of aliphatic hydroxyl groups is 1. The van der Waals surface area contributed by atoms with Crippen LogP contribution in [0.3, 0.4) is 0 Å². The van der Waals surface area contributed by atoms with Crippen molar-refractivity contribution in [1.29, 1.82) is 0 Å². The largest absolute Gasteiger partial charge is 0.395 e. The molecule has 0 aromatic heterocycles. The fourth-order valence-electron chi connectivity index (χ4n) is 2.03. The molecule has 1 fully saturated rings. The molecule has 0 radical (unpaired) electrons. The summed E-state index contributed by atoms with van der Waals surface area (Å²) in [7, 11) is -3.02. The molecule has 1 aliphatic heterocycles. The Labute approximate surface area is 108 Å². The molecule has 1 amide bonds. The number of aliphatic hydroxyl groups excluding tert-OH is 1. The predicted octanol–water partition coefficient (Wildman–Crippen LogP) is -1.01. The molecule has 0 saturated carbocycles. The standard InChI is InChI=1S/C11H22N2O4S/c1-9(2)12-7-11(15)13(4-5-14)10-3-6-18(16,17)8-10/h9-10,12,14H,3-8H2,1-2H3. The molecular formula is C11H22N2O4S. The lowest BCUT2D eigenvalue weighted by Gasteiger charge is -2.28. The molecular weight excluding hydrogens is 256 g/mol. The van der Waals surface area contributed by atoms with E-state index in [1.165, 1.54) is 4.90 Å². The Bertz CT molecular complexity index is 381. The Hall–Kier alpha value is -0.660. The number of hydrogen-bond acceptors (Lipinski definition) is 5. The lowest BCUT2D eigenvalue weighted by Crippen LogP contribution is -2.47. The zero-order chi connectivity index (χ0) is 13.8. The van der Waals surface area contributed by atoms with E-state index in [4.69, 9.17) is 5.11 Å². The van der Waals surface area contributed by atoms with Crippen LogP contribution in [0, 0.1) is 0 Å². The highest BCUT2D eigenvalue weighted by molar-refractivity contribution is 7.91. The van der Waals surface area contributed by atoms with E-state index in [2.05, 4.69) is 5.32 Å². The fourth-order valence-corrected chi connectivity index (χ4v) is 3.76. The first-order chi connectivity index (χ1) is 8.35. The van der Waals surface area contributed by atoms with Crippen LogP contribution in [0.25, 0.3) is 0 Å². The highest BCUT2D eigenvalue weighted by atomic mass is 32.2. The van der Waals surface area contributed by atoms with Gasteiger partial charge in [-0.3, -0.25) is 4.79 Å². The maximum Gasteiger partial charge on any atom is 0.236 e. The summed E-state index contributed by atoms with van der Waals surface area (Å²) in [5.74, 6) is -0.00916. The van der Waals surface area contributed by atoms with Gasteiger partial charge in [-0.1, -0.05) is 13.8 Å². The molecule has 0 aliphatic carbocycles. The van der Waals surface area contributed by atoms with Crippen LogP contribution >= 0.6 is 0 Å². The van der Waals surface area contributed by atoms with Crippen molar-refractivity contribution in [2.45, 2.75) is 32.4 Å². The van der Waals surface area contributed by atoms with E-state index in [1.54, 1.807) is 0 Å². The molecule has 0 bridgehead atoms. The summed E-state index contributed by atoms with van der Waals surface area (Å²) in [4.78, 5) is 13.5. The van der Waals surface area contributed by atoms with Crippen molar-refractivity contribution >= 4 is 15.7 Å². The summed E-state index contributed by atoms with van der Waals surface area (Å²) >= 11 is 0. The number of nitrogens with zero attached hydrogens (tertiary/aromatic N) is 1. The van der Waals surface area contributed by atoms with Gasteiger partial charge in [0, 0.05) is 18.6 Å². The van der Waals surface area contributed by atoms with Crippen molar-refractivity contribution in [3.8, 4) is 0 Å². The number of carbonyl (C=O) groups excluding carboxylic acids is 1. The molecule has 2 N–H and O–H groups in total. The second-order valence-corrected chi connectivity index (χ2v) is 7.13. The van der Waals surface area contributed by atoms with Gasteiger partial charge in [-0.2, -0.15) is 0 Å². The first kappa shape index (κ1) is 15.4. The molecule has 1 unspecified atom stereocenters. The van der Waals surface area contributed by atoms with Gasteiger partial charge >= 0.3 is 0 Å². The SMILES string of the molecule is CC(C)NCC(=O)N(CCO)C1CCS(=O)(=O)C1. The minimum Gasteiger partial charge on any atom is -0.395 e. The van der Waals surface area contributed by atoms with Gasteiger partial charge < -0.3 is 15.3 Å². The van der Waals surface area contributed by atoms with Crippen LogP contribution in [-0.2, 0) is 14.6 Å². The molecule has 0 aromatic carbocycles. The maximum atomic E-state index is 12.0. The number of amides is 1. The summed E-state index contributed by atoms with van der Waals surface area (Å²) in [5, 5.41) is 12.0. The number of rotatable bonds is 6. The number of hydrogen-bond donors (Lipinski definition) is 2. The second-order valence-electron chi connectivity index (χ2n) is 4.90. The monoisotopic (exact) mass is 278 g/mol. The van der Waals surface area contributed by atoms with Crippen LogP contribution in [0.15, 0.2) is 0 Å². The molecule has 7 heteroatoms. The normalized spacial score (nSPS) is 22.3. The van der Waals surface area contributed by atoms with Gasteiger partial charge in [0.25, 0.3) is 0 Å². The summed E-state index contributed by atoms with van der Waals surface area (Å²) in [6.07, 6.45) is 0.468. The molecule has 1 saturated heterocycles. The molecule has 1 heterocycles. The first-order valence-electron chi connectivity index (χ1n) is 6.20. The smallest absolute Gasteiger partial charge is 0.236 e. The quantitative estimate of drug-likeness (QED) is 0.650. The maximum absolute atomic E-state index is 12.0. The molecule has 0 aromatic rings. The minimum absolute atomic E-state index is 0.0143. The predicted molar refractivity (Wildman–Crippen MR) is 69.0 cm³/mol. The lowest BCUT2D eigenvalue weighted by atomic mass is 10.2. The van der Waals surface area contributed by atoms with E-state index >= 15 is 0 Å². The topological polar surface area (TPSA) is 86.7 Å². The molecule has 0 spiro atoms. The van der Waals surface area contributed by atoms with Crippen LogP contribution in [0.4, 0.5) is 0 Å². The van der Waals surface area contributed by atoms with E-state index in [0.717, 1.165) is 0 Å². The van der Waals surface area contributed by atoms with Crippen LogP contribution in [0.5, 0.6) is 0 Å². The molecule has 1 atom stereocenters. The van der Waals surface area contributed by atoms with E-state index in [9.17, 15) is 13.2 Å². The van der Waals surface area contributed by atoms with E-state index in [0.29, 0.717) is 6.42 Å². The zero-order valence-corrected chi connectivity index (χ0v) is 11.7. The number of nitrogens with one attached hydrogen (secondary N) is 1. The summed E-state index contributed by atoms with van der Waals surface area (Å²) in [6.45, 7) is 4.09. The second kappa shape index (κ2) is 6.49. The van der Waals surface area contributed by atoms with Gasteiger partial charge in [-0.05, 0) is 6.42 Å². The average molecular weight is 278 g/mol. The van der Waals surface area contributed by atoms with Gasteiger partial charge in [0.1, 0.15) is 0 Å². The Morgan fingerprint density at radius 2 is 2.17 bits per heavy atom. The number of sulfone groups is 1. The van der Waals surface area contributed by atoms with E-state index in [-0.39, 0.29) is 49.2 Å². The van der Waals surface area contributed by atoms with Crippen LogP contribution < -0.4 is 5.32 Å². The van der Waals surface area contributed by atoms with Gasteiger partial charge in [0.15, 0.2) is 9.84 Å². The lowest BCUT2D eigenvalue weighted by molar-refractivity contribution is -0.132. The van der Waals surface area contributed by atoms with Crippen molar-refractivity contribution in [1.82, 2.24) is 10.2 Å². The Balaban J connectivity index is 2.62. The van der Waals surface area contributed by atoms with Crippen LogP contribution in [0.1, 0.15) is 20.3 Å². The molecule has 6 nitrogen and oxygen atoms in total. The molecule has 18 heavy (non-hydrogen) atoms. The minimum atomic E-state index is -3.02. The Morgan fingerprint density at radius 3 is 2.61 bits per heavy atom. The summed E-state index contributed by atoms with van der Waals surface area (Å²) in [6, 6.07) is -0.0964. The molecule has 1 rings (SSSR count). The molecule has 106 valence electrons. The van der Waals surface area contributed by atoms with Gasteiger partial charge in [0.05, 0.1) is 24.7 Å². The third kappa shape index (κ3) is 4.55.